The van der Waals surface area contributed by atoms with Crippen LogP contribution in [0.3, 0.4) is 0 Å². The van der Waals surface area contributed by atoms with Crippen molar-refractivity contribution in [3.05, 3.63) is 34.3 Å². The summed E-state index contributed by atoms with van der Waals surface area (Å²) in [5, 5.41) is 6.50. The molecule has 4 heteroatoms. The SMILES string of the molecule is CCC(NC(=O)C1CCNC1C)c1ccc(Br)cc1. The predicted molar refractivity (Wildman–Crippen MR) is 80.9 cm³/mol. The van der Waals surface area contributed by atoms with Gasteiger partial charge in [0.05, 0.1) is 12.0 Å². The van der Waals surface area contributed by atoms with Crippen LogP contribution in [0.5, 0.6) is 0 Å². The van der Waals surface area contributed by atoms with Crippen molar-refractivity contribution in [2.24, 2.45) is 5.92 Å². The van der Waals surface area contributed by atoms with Gasteiger partial charge in [-0.05, 0) is 44.0 Å². The van der Waals surface area contributed by atoms with Crippen molar-refractivity contribution in [1.29, 1.82) is 0 Å². The van der Waals surface area contributed by atoms with Gasteiger partial charge < -0.3 is 10.6 Å². The molecule has 1 fully saturated rings. The van der Waals surface area contributed by atoms with Crippen LogP contribution < -0.4 is 10.6 Å². The Morgan fingerprint density at radius 2 is 2.16 bits per heavy atom. The second kappa shape index (κ2) is 6.53. The molecule has 3 atom stereocenters. The van der Waals surface area contributed by atoms with Gasteiger partial charge in [0.15, 0.2) is 0 Å². The van der Waals surface area contributed by atoms with Crippen LogP contribution in [0.25, 0.3) is 0 Å². The predicted octanol–water partition coefficient (Wildman–Crippen LogP) is 3.01. The van der Waals surface area contributed by atoms with Gasteiger partial charge in [-0.3, -0.25) is 4.79 Å². The molecule has 1 aromatic rings. The third-order valence-corrected chi connectivity index (χ3v) is 4.39. The average molecular weight is 325 g/mol. The lowest BCUT2D eigenvalue weighted by Gasteiger charge is -2.21. The Hall–Kier alpha value is -0.870. The Kier molecular flexibility index (Phi) is 4.99. The van der Waals surface area contributed by atoms with E-state index in [2.05, 4.69) is 52.5 Å². The van der Waals surface area contributed by atoms with Gasteiger partial charge in [-0.2, -0.15) is 0 Å². The molecule has 1 saturated heterocycles. The minimum Gasteiger partial charge on any atom is -0.349 e. The van der Waals surface area contributed by atoms with Crippen LogP contribution in [-0.4, -0.2) is 18.5 Å². The highest BCUT2D eigenvalue weighted by atomic mass is 79.9. The van der Waals surface area contributed by atoms with E-state index >= 15 is 0 Å². The zero-order chi connectivity index (χ0) is 13.8. The van der Waals surface area contributed by atoms with E-state index in [4.69, 9.17) is 0 Å². The first-order valence-corrected chi connectivity index (χ1v) is 7.70. The van der Waals surface area contributed by atoms with Gasteiger partial charge in [0, 0.05) is 10.5 Å². The monoisotopic (exact) mass is 324 g/mol. The number of rotatable bonds is 4. The molecule has 0 bridgehead atoms. The molecule has 0 radical (unpaired) electrons. The summed E-state index contributed by atoms with van der Waals surface area (Å²) in [5.74, 6) is 0.275. The van der Waals surface area contributed by atoms with Gasteiger partial charge in [0.2, 0.25) is 5.91 Å². The van der Waals surface area contributed by atoms with Crippen LogP contribution in [-0.2, 0) is 4.79 Å². The first-order valence-electron chi connectivity index (χ1n) is 6.91. The highest BCUT2D eigenvalue weighted by molar-refractivity contribution is 9.10. The number of halogens is 1. The molecule has 1 aliphatic rings. The number of amides is 1. The first-order chi connectivity index (χ1) is 9.11. The van der Waals surface area contributed by atoms with Crippen LogP contribution in [0.15, 0.2) is 28.7 Å². The topological polar surface area (TPSA) is 41.1 Å². The number of hydrogen-bond acceptors (Lipinski definition) is 2. The van der Waals surface area contributed by atoms with Crippen LogP contribution in [0.2, 0.25) is 0 Å². The Balaban J connectivity index is 2.02. The van der Waals surface area contributed by atoms with E-state index in [0.717, 1.165) is 29.4 Å². The molecular weight excluding hydrogens is 304 g/mol. The Bertz CT molecular complexity index is 432. The molecule has 104 valence electrons. The Morgan fingerprint density at radius 1 is 1.47 bits per heavy atom. The maximum atomic E-state index is 12.3. The fourth-order valence-corrected chi connectivity index (χ4v) is 2.88. The lowest BCUT2D eigenvalue weighted by molar-refractivity contribution is -0.125. The van der Waals surface area contributed by atoms with Crippen LogP contribution in [0, 0.1) is 5.92 Å². The minimum atomic E-state index is 0.101. The molecule has 19 heavy (non-hydrogen) atoms. The number of benzene rings is 1. The van der Waals surface area contributed by atoms with Gasteiger partial charge in [-0.25, -0.2) is 0 Å². The summed E-state index contributed by atoms with van der Waals surface area (Å²) in [4.78, 5) is 12.3. The maximum absolute atomic E-state index is 12.3. The molecule has 0 aromatic heterocycles. The molecule has 2 N–H and O–H groups in total. The lowest BCUT2D eigenvalue weighted by Crippen LogP contribution is -2.38. The normalized spacial score (nSPS) is 24.2. The largest absolute Gasteiger partial charge is 0.349 e. The molecule has 3 nitrogen and oxygen atoms in total. The molecule has 0 spiro atoms. The molecule has 1 aliphatic heterocycles. The summed E-state index contributed by atoms with van der Waals surface area (Å²) >= 11 is 3.43. The van der Waals surface area contributed by atoms with E-state index in [1.54, 1.807) is 0 Å². The highest BCUT2D eigenvalue weighted by Crippen LogP contribution is 2.22. The highest BCUT2D eigenvalue weighted by Gasteiger charge is 2.30. The van der Waals surface area contributed by atoms with Crippen molar-refractivity contribution in [3.8, 4) is 0 Å². The van der Waals surface area contributed by atoms with Crippen molar-refractivity contribution >= 4 is 21.8 Å². The minimum absolute atomic E-state index is 0.101. The molecule has 3 unspecified atom stereocenters. The second-order valence-electron chi connectivity index (χ2n) is 5.16. The average Bonchev–Trinajstić information content (AvgIpc) is 2.83. The fourth-order valence-electron chi connectivity index (χ4n) is 2.61. The molecular formula is C15H21BrN2O. The van der Waals surface area contributed by atoms with E-state index in [0.29, 0.717) is 0 Å². The standard InChI is InChI=1S/C15H21BrN2O/c1-3-14(11-4-6-12(16)7-5-11)18-15(19)13-8-9-17-10(13)2/h4-7,10,13-14,17H,3,8-9H2,1-2H3,(H,18,19). The lowest BCUT2D eigenvalue weighted by atomic mass is 9.98. The van der Waals surface area contributed by atoms with E-state index in [9.17, 15) is 4.79 Å². The first kappa shape index (κ1) is 14.5. The van der Waals surface area contributed by atoms with E-state index in [1.165, 1.54) is 0 Å². The third-order valence-electron chi connectivity index (χ3n) is 3.86. The Morgan fingerprint density at radius 3 is 2.68 bits per heavy atom. The second-order valence-corrected chi connectivity index (χ2v) is 6.07. The van der Waals surface area contributed by atoms with Crippen molar-refractivity contribution in [2.75, 3.05) is 6.54 Å². The Labute approximate surface area is 123 Å². The molecule has 1 aromatic carbocycles. The summed E-state index contributed by atoms with van der Waals surface area (Å²) in [7, 11) is 0. The van der Waals surface area contributed by atoms with Crippen LogP contribution in [0.4, 0.5) is 0 Å². The van der Waals surface area contributed by atoms with Crippen molar-refractivity contribution in [3.63, 3.8) is 0 Å². The maximum Gasteiger partial charge on any atom is 0.225 e. The summed E-state index contributed by atoms with van der Waals surface area (Å²) in [6, 6.07) is 8.55. The zero-order valence-electron chi connectivity index (χ0n) is 11.4. The molecule has 0 saturated carbocycles. The number of carbonyl (C=O) groups is 1. The van der Waals surface area contributed by atoms with Gasteiger partial charge >= 0.3 is 0 Å². The number of hydrogen-bond donors (Lipinski definition) is 2. The van der Waals surface area contributed by atoms with E-state index in [1.807, 2.05) is 12.1 Å². The zero-order valence-corrected chi connectivity index (χ0v) is 13.0. The molecule has 2 rings (SSSR count). The van der Waals surface area contributed by atoms with Crippen molar-refractivity contribution < 1.29 is 4.79 Å². The summed E-state index contributed by atoms with van der Waals surface area (Å²) in [5.41, 5.74) is 1.16. The molecule has 0 aliphatic carbocycles. The van der Waals surface area contributed by atoms with Gasteiger partial charge in [-0.15, -0.1) is 0 Å². The molecule has 1 heterocycles. The van der Waals surface area contributed by atoms with Crippen LogP contribution >= 0.6 is 15.9 Å². The fraction of sp³-hybridized carbons (Fsp3) is 0.533. The molecule has 1 amide bonds. The van der Waals surface area contributed by atoms with Crippen LogP contribution in [0.1, 0.15) is 38.3 Å². The van der Waals surface area contributed by atoms with Gasteiger partial charge in [0.1, 0.15) is 0 Å². The summed E-state index contributed by atoms with van der Waals surface area (Å²) in [6.45, 7) is 5.12. The van der Waals surface area contributed by atoms with Crippen molar-refractivity contribution in [2.45, 2.75) is 38.8 Å². The van der Waals surface area contributed by atoms with E-state index < -0.39 is 0 Å². The smallest absolute Gasteiger partial charge is 0.225 e. The van der Waals surface area contributed by atoms with Crippen molar-refractivity contribution in [1.82, 2.24) is 10.6 Å². The summed E-state index contributed by atoms with van der Waals surface area (Å²) < 4.78 is 1.06. The van der Waals surface area contributed by atoms with Gasteiger partial charge in [0.25, 0.3) is 0 Å². The number of nitrogens with one attached hydrogen (secondary N) is 2. The quantitative estimate of drug-likeness (QED) is 0.893. The van der Waals surface area contributed by atoms with E-state index in [-0.39, 0.29) is 23.9 Å². The summed E-state index contributed by atoms with van der Waals surface area (Å²) in [6.07, 6.45) is 1.84. The number of carbonyl (C=O) groups excluding carboxylic acids is 1. The van der Waals surface area contributed by atoms with Gasteiger partial charge in [-0.1, -0.05) is 35.0 Å². The third kappa shape index (κ3) is 3.57.